The lowest BCUT2D eigenvalue weighted by Gasteiger charge is -2.33. The van der Waals surface area contributed by atoms with Gasteiger partial charge in [-0.15, -0.1) is 24.8 Å². The second kappa shape index (κ2) is 12.3. The molecule has 1 amide bonds. The predicted molar refractivity (Wildman–Crippen MR) is 102 cm³/mol. The van der Waals surface area contributed by atoms with E-state index in [4.69, 9.17) is 0 Å². The lowest BCUT2D eigenvalue weighted by atomic mass is 9.85. The first kappa shape index (κ1) is 23.0. The van der Waals surface area contributed by atoms with E-state index in [1.165, 1.54) is 38.6 Å². The number of nitrogens with zero attached hydrogens (tertiary/aromatic N) is 1. The number of piperidine rings is 2. The van der Waals surface area contributed by atoms with Crippen LogP contribution < -0.4 is 10.6 Å². The fourth-order valence-corrected chi connectivity index (χ4v) is 3.72. The zero-order chi connectivity index (χ0) is 15.1. The van der Waals surface area contributed by atoms with Gasteiger partial charge in [0.15, 0.2) is 0 Å². The molecule has 23 heavy (non-hydrogen) atoms. The summed E-state index contributed by atoms with van der Waals surface area (Å²) in [4.78, 5) is 14.6. The van der Waals surface area contributed by atoms with E-state index < -0.39 is 0 Å². The van der Waals surface area contributed by atoms with Gasteiger partial charge in [-0.1, -0.05) is 13.3 Å². The van der Waals surface area contributed by atoms with Gasteiger partial charge in [-0.3, -0.25) is 9.69 Å². The van der Waals surface area contributed by atoms with Crippen LogP contribution in [-0.2, 0) is 4.79 Å². The number of amides is 1. The third-order valence-corrected chi connectivity index (χ3v) is 5.31. The van der Waals surface area contributed by atoms with Crippen LogP contribution in [0, 0.1) is 11.8 Å². The number of nitrogens with one attached hydrogen (secondary N) is 2. The SMILES string of the molecule is CC(CC(=O)NCCN1CCCCC1C)C1CCCNC1.Cl.Cl. The summed E-state index contributed by atoms with van der Waals surface area (Å²) in [6.45, 7) is 9.76. The number of halogens is 2. The zero-order valence-corrected chi connectivity index (χ0v) is 16.3. The molecule has 0 radical (unpaired) electrons. The molecule has 0 aromatic rings. The van der Waals surface area contributed by atoms with Gasteiger partial charge in [0, 0.05) is 25.6 Å². The van der Waals surface area contributed by atoms with Crippen LogP contribution in [0.15, 0.2) is 0 Å². The largest absolute Gasteiger partial charge is 0.355 e. The van der Waals surface area contributed by atoms with Crippen LogP contribution in [0.5, 0.6) is 0 Å². The summed E-state index contributed by atoms with van der Waals surface area (Å²) >= 11 is 0. The molecule has 3 atom stereocenters. The van der Waals surface area contributed by atoms with Crippen LogP contribution in [0.3, 0.4) is 0 Å². The number of carbonyl (C=O) groups excluding carboxylic acids is 1. The third-order valence-electron chi connectivity index (χ3n) is 5.31. The van der Waals surface area contributed by atoms with Crippen LogP contribution in [0.2, 0.25) is 0 Å². The molecule has 0 aliphatic carbocycles. The smallest absolute Gasteiger partial charge is 0.220 e. The van der Waals surface area contributed by atoms with Gasteiger partial charge in [-0.05, 0) is 64.1 Å². The van der Waals surface area contributed by atoms with E-state index in [2.05, 4.69) is 29.4 Å². The summed E-state index contributed by atoms with van der Waals surface area (Å²) in [6, 6.07) is 0.683. The lowest BCUT2D eigenvalue weighted by molar-refractivity contribution is -0.122. The molecule has 2 N–H and O–H groups in total. The molecule has 0 aromatic carbocycles. The fraction of sp³-hybridized carbons (Fsp3) is 0.941. The Balaban J connectivity index is 0.00000242. The Labute approximate surface area is 154 Å². The number of rotatable bonds is 6. The zero-order valence-electron chi connectivity index (χ0n) is 14.7. The van der Waals surface area contributed by atoms with Crippen molar-refractivity contribution in [3.05, 3.63) is 0 Å². The molecule has 3 unspecified atom stereocenters. The molecule has 0 saturated carbocycles. The van der Waals surface area contributed by atoms with Gasteiger partial charge >= 0.3 is 0 Å². The summed E-state index contributed by atoms with van der Waals surface area (Å²) < 4.78 is 0. The molecule has 4 nitrogen and oxygen atoms in total. The maximum atomic E-state index is 12.1. The second-order valence-electron chi connectivity index (χ2n) is 7.02. The van der Waals surface area contributed by atoms with Gasteiger partial charge < -0.3 is 10.6 Å². The number of hydrogen-bond donors (Lipinski definition) is 2. The topological polar surface area (TPSA) is 44.4 Å². The van der Waals surface area contributed by atoms with Gasteiger partial charge in [-0.2, -0.15) is 0 Å². The van der Waals surface area contributed by atoms with Crippen LogP contribution in [-0.4, -0.2) is 49.6 Å². The summed E-state index contributed by atoms with van der Waals surface area (Å²) in [6.07, 6.45) is 7.18. The summed E-state index contributed by atoms with van der Waals surface area (Å²) in [7, 11) is 0. The van der Waals surface area contributed by atoms with Crippen molar-refractivity contribution in [2.45, 2.75) is 58.4 Å². The molecule has 2 aliphatic rings. The van der Waals surface area contributed by atoms with Crippen LogP contribution in [0.1, 0.15) is 52.4 Å². The first-order valence-corrected chi connectivity index (χ1v) is 8.88. The highest BCUT2D eigenvalue weighted by atomic mass is 35.5. The molecule has 2 rings (SSSR count). The molecule has 138 valence electrons. The minimum absolute atomic E-state index is 0. The van der Waals surface area contributed by atoms with Crippen molar-refractivity contribution in [1.29, 1.82) is 0 Å². The highest BCUT2D eigenvalue weighted by Crippen LogP contribution is 2.22. The molecular formula is C17H35Cl2N3O. The van der Waals surface area contributed by atoms with Crippen LogP contribution >= 0.6 is 24.8 Å². The van der Waals surface area contributed by atoms with Crippen molar-refractivity contribution in [1.82, 2.24) is 15.5 Å². The van der Waals surface area contributed by atoms with Gasteiger partial charge in [-0.25, -0.2) is 0 Å². The van der Waals surface area contributed by atoms with E-state index in [1.54, 1.807) is 0 Å². The van der Waals surface area contributed by atoms with Crippen molar-refractivity contribution >= 4 is 30.7 Å². The maximum absolute atomic E-state index is 12.1. The Morgan fingerprint density at radius 3 is 2.70 bits per heavy atom. The Bertz CT molecular complexity index is 325. The number of carbonyl (C=O) groups is 1. The van der Waals surface area contributed by atoms with E-state index in [1.807, 2.05) is 0 Å². The molecular weight excluding hydrogens is 333 g/mol. The predicted octanol–water partition coefficient (Wildman–Crippen LogP) is 2.85. The van der Waals surface area contributed by atoms with Crippen molar-refractivity contribution in [3.63, 3.8) is 0 Å². The van der Waals surface area contributed by atoms with E-state index >= 15 is 0 Å². The van der Waals surface area contributed by atoms with E-state index in [9.17, 15) is 4.79 Å². The lowest BCUT2D eigenvalue weighted by Crippen LogP contribution is -2.43. The molecule has 6 heteroatoms. The average molecular weight is 368 g/mol. The Kier molecular flexibility index (Phi) is 12.3. The van der Waals surface area contributed by atoms with E-state index in [0.29, 0.717) is 24.3 Å². The second-order valence-corrected chi connectivity index (χ2v) is 7.02. The standard InChI is InChI=1S/C17H33N3O.2ClH/c1-14(16-7-5-8-18-13-16)12-17(21)19-9-11-20-10-4-3-6-15(20)2;;/h14-16,18H,3-13H2,1-2H3,(H,19,21);2*1H. The van der Waals surface area contributed by atoms with Crippen molar-refractivity contribution in [2.75, 3.05) is 32.7 Å². The van der Waals surface area contributed by atoms with Crippen LogP contribution in [0.4, 0.5) is 0 Å². The molecule has 0 bridgehead atoms. The third kappa shape index (κ3) is 8.06. The quantitative estimate of drug-likeness (QED) is 0.758. The normalized spacial score (nSPS) is 26.5. The van der Waals surface area contributed by atoms with E-state index in [-0.39, 0.29) is 30.7 Å². The van der Waals surface area contributed by atoms with Gasteiger partial charge in [0.2, 0.25) is 5.91 Å². The molecule has 2 fully saturated rings. The Morgan fingerprint density at radius 1 is 1.26 bits per heavy atom. The number of likely N-dealkylation sites (tertiary alicyclic amines) is 1. The molecule has 2 heterocycles. The fourth-order valence-electron chi connectivity index (χ4n) is 3.72. The van der Waals surface area contributed by atoms with Crippen molar-refractivity contribution < 1.29 is 4.79 Å². The molecule has 2 aliphatic heterocycles. The van der Waals surface area contributed by atoms with Gasteiger partial charge in [0.05, 0.1) is 0 Å². The summed E-state index contributed by atoms with van der Waals surface area (Å²) in [5.74, 6) is 1.40. The first-order chi connectivity index (χ1) is 10.2. The molecule has 2 saturated heterocycles. The minimum atomic E-state index is 0. The van der Waals surface area contributed by atoms with Gasteiger partial charge in [0.25, 0.3) is 0 Å². The van der Waals surface area contributed by atoms with Gasteiger partial charge in [0.1, 0.15) is 0 Å². The molecule has 0 spiro atoms. The first-order valence-electron chi connectivity index (χ1n) is 8.88. The van der Waals surface area contributed by atoms with Crippen LogP contribution in [0.25, 0.3) is 0 Å². The highest BCUT2D eigenvalue weighted by Gasteiger charge is 2.22. The average Bonchev–Trinajstić information content (AvgIpc) is 2.50. The monoisotopic (exact) mass is 367 g/mol. The number of hydrogen-bond acceptors (Lipinski definition) is 3. The summed E-state index contributed by atoms with van der Waals surface area (Å²) in [5.41, 5.74) is 0. The van der Waals surface area contributed by atoms with E-state index in [0.717, 1.165) is 26.2 Å². The Morgan fingerprint density at radius 2 is 2.04 bits per heavy atom. The summed E-state index contributed by atoms with van der Waals surface area (Å²) in [5, 5.41) is 6.56. The molecule has 0 aromatic heterocycles. The minimum Gasteiger partial charge on any atom is -0.355 e. The Hall–Kier alpha value is -0.0300. The van der Waals surface area contributed by atoms with Crippen molar-refractivity contribution in [3.8, 4) is 0 Å². The maximum Gasteiger partial charge on any atom is 0.220 e. The highest BCUT2D eigenvalue weighted by molar-refractivity contribution is 5.85. The van der Waals surface area contributed by atoms with Crippen molar-refractivity contribution in [2.24, 2.45) is 11.8 Å².